The van der Waals surface area contributed by atoms with E-state index in [4.69, 9.17) is 0 Å². The SMILES string of the molecule is CC(C)c1ccc(C(C#N)c2cccnn2)cc1. The van der Waals surface area contributed by atoms with Gasteiger partial charge in [-0.15, -0.1) is 0 Å². The van der Waals surface area contributed by atoms with Crippen molar-refractivity contribution in [3.05, 3.63) is 59.4 Å². The Balaban J connectivity index is 2.32. The van der Waals surface area contributed by atoms with Gasteiger partial charge in [0.25, 0.3) is 0 Å². The Morgan fingerprint density at radius 2 is 1.72 bits per heavy atom. The minimum Gasteiger partial charge on any atom is -0.197 e. The molecule has 0 fully saturated rings. The van der Waals surface area contributed by atoms with Crippen LogP contribution in [-0.2, 0) is 0 Å². The molecule has 0 radical (unpaired) electrons. The summed E-state index contributed by atoms with van der Waals surface area (Å²) in [6.07, 6.45) is 1.61. The fourth-order valence-corrected chi connectivity index (χ4v) is 1.85. The summed E-state index contributed by atoms with van der Waals surface area (Å²) in [6, 6.07) is 14.0. The minimum absolute atomic E-state index is 0.347. The van der Waals surface area contributed by atoms with Crippen molar-refractivity contribution >= 4 is 0 Å². The fraction of sp³-hybridized carbons (Fsp3) is 0.267. The average molecular weight is 237 g/mol. The molecule has 1 atom stereocenters. The second kappa shape index (κ2) is 5.42. The quantitative estimate of drug-likeness (QED) is 0.823. The van der Waals surface area contributed by atoms with Crippen LogP contribution in [0.25, 0.3) is 0 Å². The lowest BCUT2D eigenvalue weighted by molar-refractivity contribution is 0.857. The van der Waals surface area contributed by atoms with Crippen molar-refractivity contribution in [3.8, 4) is 6.07 Å². The van der Waals surface area contributed by atoms with Crippen LogP contribution in [0.5, 0.6) is 0 Å². The van der Waals surface area contributed by atoms with Crippen LogP contribution < -0.4 is 0 Å². The monoisotopic (exact) mass is 237 g/mol. The summed E-state index contributed by atoms with van der Waals surface area (Å²) in [6.45, 7) is 4.30. The van der Waals surface area contributed by atoms with E-state index in [1.807, 2.05) is 18.2 Å². The number of rotatable bonds is 3. The predicted molar refractivity (Wildman–Crippen MR) is 70.0 cm³/mol. The predicted octanol–water partition coefficient (Wildman–Crippen LogP) is 3.26. The molecule has 0 aliphatic heterocycles. The van der Waals surface area contributed by atoms with E-state index in [0.717, 1.165) is 5.56 Å². The molecule has 1 aromatic heterocycles. The van der Waals surface area contributed by atoms with Crippen LogP contribution in [0, 0.1) is 11.3 Å². The second-order valence-electron chi connectivity index (χ2n) is 4.53. The van der Waals surface area contributed by atoms with Crippen LogP contribution in [0.3, 0.4) is 0 Å². The summed E-state index contributed by atoms with van der Waals surface area (Å²) in [5.41, 5.74) is 2.93. The summed E-state index contributed by atoms with van der Waals surface area (Å²) in [5.74, 6) is 0.149. The third kappa shape index (κ3) is 2.54. The number of hydrogen-bond acceptors (Lipinski definition) is 3. The molecule has 1 unspecified atom stereocenters. The highest BCUT2D eigenvalue weighted by Gasteiger charge is 2.15. The Morgan fingerprint density at radius 1 is 1.06 bits per heavy atom. The molecule has 0 spiro atoms. The van der Waals surface area contributed by atoms with Gasteiger partial charge in [-0.2, -0.15) is 15.5 Å². The van der Waals surface area contributed by atoms with Crippen LogP contribution in [0.4, 0.5) is 0 Å². The van der Waals surface area contributed by atoms with Gasteiger partial charge in [0, 0.05) is 6.20 Å². The van der Waals surface area contributed by atoms with E-state index in [1.165, 1.54) is 5.56 Å². The van der Waals surface area contributed by atoms with Crippen LogP contribution >= 0.6 is 0 Å². The largest absolute Gasteiger partial charge is 0.197 e. The van der Waals surface area contributed by atoms with Gasteiger partial charge in [0.1, 0.15) is 5.92 Å². The third-order valence-electron chi connectivity index (χ3n) is 2.95. The van der Waals surface area contributed by atoms with Gasteiger partial charge in [-0.25, -0.2) is 0 Å². The summed E-state index contributed by atoms with van der Waals surface area (Å²) in [7, 11) is 0. The molecule has 3 nitrogen and oxygen atoms in total. The maximum absolute atomic E-state index is 9.29. The topological polar surface area (TPSA) is 49.6 Å². The molecule has 0 saturated heterocycles. The van der Waals surface area contributed by atoms with Gasteiger partial charge in [-0.3, -0.25) is 0 Å². The second-order valence-corrected chi connectivity index (χ2v) is 4.53. The molecule has 3 heteroatoms. The lowest BCUT2D eigenvalue weighted by Crippen LogP contribution is -2.02. The first-order chi connectivity index (χ1) is 8.72. The molecule has 0 saturated carbocycles. The number of aromatic nitrogens is 2. The Labute approximate surface area is 107 Å². The zero-order valence-electron chi connectivity index (χ0n) is 10.5. The molecule has 0 bridgehead atoms. The molecule has 0 amide bonds. The van der Waals surface area contributed by atoms with Crippen molar-refractivity contribution < 1.29 is 0 Å². The first-order valence-electron chi connectivity index (χ1n) is 5.99. The molecule has 2 aromatic rings. The molecule has 90 valence electrons. The van der Waals surface area contributed by atoms with Crippen molar-refractivity contribution in [1.29, 1.82) is 5.26 Å². The van der Waals surface area contributed by atoms with Crippen molar-refractivity contribution in [3.63, 3.8) is 0 Å². The molecule has 2 rings (SSSR count). The van der Waals surface area contributed by atoms with Crippen LogP contribution in [-0.4, -0.2) is 10.2 Å². The van der Waals surface area contributed by atoms with Gasteiger partial charge in [-0.05, 0) is 29.2 Å². The molecule has 1 heterocycles. The van der Waals surface area contributed by atoms with Crippen LogP contribution in [0.2, 0.25) is 0 Å². The van der Waals surface area contributed by atoms with Crippen molar-refractivity contribution in [2.45, 2.75) is 25.7 Å². The Bertz CT molecular complexity index is 538. The standard InChI is InChI=1S/C15H15N3/c1-11(2)12-5-7-13(8-6-12)14(10-16)15-4-3-9-17-18-15/h3-9,11,14H,1-2H3. The maximum atomic E-state index is 9.29. The normalized spacial score (nSPS) is 12.1. The smallest absolute Gasteiger partial charge is 0.115 e. The first-order valence-corrected chi connectivity index (χ1v) is 5.99. The Kier molecular flexibility index (Phi) is 3.69. The van der Waals surface area contributed by atoms with E-state index in [2.05, 4.69) is 42.2 Å². The van der Waals surface area contributed by atoms with Gasteiger partial charge < -0.3 is 0 Å². The Morgan fingerprint density at radius 3 is 2.22 bits per heavy atom. The highest BCUT2D eigenvalue weighted by molar-refractivity contribution is 5.36. The van der Waals surface area contributed by atoms with Gasteiger partial charge in [0.2, 0.25) is 0 Å². The number of nitrogens with zero attached hydrogens (tertiary/aromatic N) is 3. The Hall–Kier alpha value is -2.21. The minimum atomic E-state index is -0.347. The lowest BCUT2D eigenvalue weighted by Gasteiger charge is -2.10. The third-order valence-corrected chi connectivity index (χ3v) is 2.95. The molecule has 18 heavy (non-hydrogen) atoms. The summed E-state index contributed by atoms with van der Waals surface area (Å²) >= 11 is 0. The average Bonchev–Trinajstić information content (AvgIpc) is 2.41. The number of hydrogen-bond donors (Lipinski definition) is 0. The van der Waals surface area contributed by atoms with Gasteiger partial charge >= 0.3 is 0 Å². The zero-order chi connectivity index (χ0) is 13.0. The molecule has 0 N–H and O–H groups in total. The molecule has 0 aliphatic rings. The summed E-state index contributed by atoms with van der Waals surface area (Å²) in [5, 5.41) is 17.1. The molecular formula is C15H15N3. The molecular weight excluding hydrogens is 222 g/mol. The highest BCUT2D eigenvalue weighted by Crippen LogP contribution is 2.23. The molecule has 0 aliphatic carbocycles. The van der Waals surface area contributed by atoms with Crippen molar-refractivity contribution in [2.24, 2.45) is 0 Å². The summed E-state index contributed by atoms with van der Waals surface area (Å²) < 4.78 is 0. The highest BCUT2D eigenvalue weighted by atomic mass is 15.1. The lowest BCUT2D eigenvalue weighted by atomic mass is 9.94. The van der Waals surface area contributed by atoms with Crippen LogP contribution in [0.1, 0.15) is 42.5 Å². The number of nitriles is 1. The van der Waals surface area contributed by atoms with Crippen molar-refractivity contribution in [2.75, 3.05) is 0 Å². The maximum Gasteiger partial charge on any atom is 0.115 e. The molecule has 1 aromatic carbocycles. The van der Waals surface area contributed by atoms with E-state index >= 15 is 0 Å². The van der Waals surface area contributed by atoms with E-state index in [-0.39, 0.29) is 5.92 Å². The fourth-order valence-electron chi connectivity index (χ4n) is 1.85. The van der Waals surface area contributed by atoms with Crippen LogP contribution in [0.15, 0.2) is 42.6 Å². The van der Waals surface area contributed by atoms with E-state index < -0.39 is 0 Å². The van der Waals surface area contributed by atoms with E-state index in [0.29, 0.717) is 11.6 Å². The van der Waals surface area contributed by atoms with E-state index in [9.17, 15) is 5.26 Å². The zero-order valence-corrected chi connectivity index (χ0v) is 10.5. The first kappa shape index (κ1) is 12.3. The van der Waals surface area contributed by atoms with E-state index in [1.54, 1.807) is 12.3 Å². The van der Waals surface area contributed by atoms with Crippen molar-refractivity contribution in [1.82, 2.24) is 10.2 Å². The van der Waals surface area contributed by atoms with Gasteiger partial charge in [0.15, 0.2) is 0 Å². The number of benzene rings is 1. The summed E-state index contributed by atoms with van der Waals surface area (Å²) in [4.78, 5) is 0. The van der Waals surface area contributed by atoms with Gasteiger partial charge in [-0.1, -0.05) is 38.1 Å². The van der Waals surface area contributed by atoms with Gasteiger partial charge in [0.05, 0.1) is 11.8 Å².